The number of anilines is 2. The summed E-state index contributed by atoms with van der Waals surface area (Å²) in [4.78, 5) is 0. The van der Waals surface area contributed by atoms with Crippen LogP contribution in [0, 0.1) is 11.6 Å². The lowest BCUT2D eigenvalue weighted by Gasteiger charge is -2.10. The summed E-state index contributed by atoms with van der Waals surface area (Å²) in [5.41, 5.74) is 3.78. The normalized spacial score (nSPS) is 10.5. The highest BCUT2D eigenvalue weighted by Gasteiger charge is 2.05. The maximum absolute atomic E-state index is 13.2. The van der Waals surface area contributed by atoms with E-state index in [0.717, 1.165) is 22.5 Å². The Morgan fingerprint density at radius 3 is 1.65 bits per heavy atom. The number of halogens is 2. The molecule has 3 rings (SSSR count). The Kier molecular flexibility index (Phi) is 4.88. The summed E-state index contributed by atoms with van der Waals surface area (Å²) in [7, 11) is 0. The van der Waals surface area contributed by atoms with Crippen molar-refractivity contribution in [3.8, 4) is 0 Å². The number of thiophene rings is 1. The van der Waals surface area contributed by atoms with Gasteiger partial charge in [0, 0.05) is 24.5 Å². The van der Waals surface area contributed by atoms with Crippen LogP contribution in [0.3, 0.4) is 0 Å². The Labute approximate surface area is 137 Å². The predicted octanol–water partition coefficient (Wildman–Crippen LogP) is 5.25. The highest BCUT2D eigenvalue weighted by molar-refractivity contribution is 7.08. The topological polar surface area (TPSA) is 24.1 Å². The van der Waals surface area contributed by atoms with Gasteiger partial charge >= 0.3 is 0 Å². The first-order chi connectivity index (χ1) is 11.2. The van der Waals surface area contributed by atoms with Crippen molar-refractivity contribution in [2.45, 2.75) is 13.1 Å². The summed E-state index contributed by atoms with van der Waals surface area (Å²) >= 11 is 1.61. The van der Waals surface area contributed by atoms with Crippen molar-refractivity contribution in [2.75, 3.05) is 10.6 Å². The molecule has 0 radical (unpaired) electrons. The molecule has 118 valence electrons. The van der Waals surface area contributed by atoms with Crippen molar-refractivity contribution >= 4 is 22.7 Å². The summed E-state index contributed by atoms with van der Waals surface area (Å²) in [5, 5.41) is 10.6. The van der Waals surface area contributed by atoms with Crippen LogP contribution in [0.4, 0.5) is 20.2 Å². The molecule has 0 aliphatic rings. The van der Waals surface area contributed by atoms with E-state index in [9.17, 15) is 8.78 Å². The molecule has 0 bridgehead atoms. The van der Waals surface area contributed by atoms with Crippen molar-refractivity contribution in [1.82, 2.24) is 0 Å². The Morgan fingerprint density at radius 1 is 0.739 bits per heavy atom. The molecule has 1 heterocycles. The number of hydrogen-bond acceptors (Lipinski definition) is 3. The fourth-order valence-electron chi connectivity index (χ4n) is 2.25. The molecular weight excluding hydrogens is 314 g/mol. The van der Waals surface area contributed by atoms with E-state index < -0.39 is 0 Å². The van der Waals surface area contributed by atoms with Gasteiger partial charge in [0.25, 0.3) is 0 Å². The summed E-state index contributed by atoms with van der Waals surface area (Å²) in [6.07, 6.45) is 0. The Bertz CT molecular complexity index is 722. The van der Waals surface area contributed by atoms with E-state index in [4.69, 9.17) is 0 Å². The molecule has 3 aromatic rings. The van der Waals surface area contributed by atoms with E-state index in [2.05, 4.69) is 21.4 Å². The second kappa shape index (κ2) is 7.24. The number of nitrogens with one attached hydrogen (secondary N) is 2. The van der Waals surface area contributed by atoms with Crippen LogP contribution in [0.25, 0.3) is 0 Å². The molecule has 0 amide bonds. The second-order valence-corrected chi connectivity index (χ2v) is 5.89. The smallest absolute Gasteiger partial charge is 0.125 e. The molecule has 23 heavy (non-hydrogen) atoms. The van der Waals surface area contributed by atoms with Gasteiger partial charge in [-0.05, 0) is 58.3 Å². The first-order valence-electron chi connectivity index (χ1n) is 7.23. The minimum absolute atomic E-state index is 0.256. The van der Waals surface area contributed by atoms with Gasteiger partial charge in [-0.2, -0.15) is 11.3 Å². The molecule has 0 aliphatic carbocycles. The van der Waals surface area contributed by atoms with Gasteiger partial charge in [-0.15, -0.1) is 0 Å². The average Bonchev–Trinajstić information content (AvgIpc) is 2.99. The number of rotatable bonds is 6. The second-order valence-electron chi connectivity index (χ2n) is 5.15. The van der Waals surface area contributed by atoms with Crippen molar-refractivity contribution in [3.05, 3.63) is 82.1 Å². The molecule has 5 heteroatoms. The van der Waals surface area contributed by atoms with Gasteiger partial charge in [-0.25, -0.2) is 8.78 Å². The van der Waals surface area contributed by atoms with E-state index in [-0.39, 0.29) is 11.6 Å². The molecule has 2 N–H and O–H groups in total. The van der Waals surface area contributed by atoms with Gasteiger partial charge in [0.2, 0.25) is 0 Å². The van der Waals surface area contributed by atoms with E-state index >= 15 is 0 Å². The van der Waals surface area contributed by atoms with Crippen LogP contribution >= 0.6 is 11.3 Å². The predicted molar refractivity (Wildman–Crippen MR) is 91.8 cm³/mol. The zero-order chi connectivity index (χ0) is 16.1. The summed E-state index contributed by atoms with van der Waals surface area (Å²) in [6.45, 7) is 1.24. The molecule has 0 spiro atoms. The quantitative estimate of drug-likeness (QED) is 0.645. The third-order valence-electron chi connectivity index (χ3n) is 3.45. The molecule has 2 nitrogen and oxygen atoms in total. The van der Waals surface area contributed by atoms with Gasteiger partial charge in [-0.3, -0.25) is 0 Å². The lowest BCUT2D eigenvalue weighted by molar-refractivity contribution is 0.627. The van der Waals surface area contributed by atoms with Gasteiger partial charge < -0.3 is 10.6 Å². The molecule has 0 saturated heterocycles. The number of hydrogen-bond donors (Lipinski definition) is 2. The SMILES string of the molecule is Fc1cccc(NCc2cscc2CNc2cccc(F)c2)c1. The Morgan fingerprint density at radius 2 is 1.22 bits per heavy atom. The zero-order valence-corrected chi connectivity index (χ0v) is 13.2. The molecule has 0 aliphatic heterocycles. The van der Waals surface area contributed by atoms with Crippen LogP contribution in [0.2, 0.25) is 0 Å². The molecule has 0 saturated carbocycles. The van der Waals surface area contributed by atoms with Crippen molar-refractivity contribution in [2.24, 2.45) is 0 Å². The van der Waals surface area contributed by atoms with Gasteiger partial charge in [0.15, 0.2) is 0 Å². The maximum atomic E-state index is 13.2. The van der Waals surface area contributed by atoms with Gasteiger partial charge in [-0.1, -0.05) is 12.1 Å². The third kappa shape index (κ3) is 4.29. The monoisotopic (exact) mass is 330 g/mol. The lowest BCUT2D eigenvalue weighted by Crippen LogP contribution is -2.05. The number of benzene rings is 2. The van der Waals surface area contributed by atoms with Crippen molar-refractivity contribution in [1.29, 1.82) is 0 Å². The first-order valence-corrected chi connectivity index (χ1v) is 8.18. The molecule has 2 aromatic carbocycles. The van der Waals surface area contributed by atoms with Crippen LogP contribution in [0.5, 0.6) is 0 Å². The van der Waals surface area contributed by atoms with Crippen molar-refractivity contribution < 1.29 is 8.78 Å². The van der Waals surface area contributed by atoms with Crippen LogP contribution in [0.1, 0.15) is 11.1 Å². The standard InChI is InChI=1S/C18H16F2N2S/c19-15-3-1-5-17(7-15)21-9-13-11-23-12-14(13)10-22-18-6-2-4-16(20)8-18/h1-8,11-12,21-22H,9-10H2. The summed E-state index contributed by atoms with van der Waals surface area (Å²) in [6, 6.07) is 12.8. The molecule has 0 unspecified atom stereocenters. The van der Waals surface area contributed by atoms with E-state index in [1.807, 2.05) is 12.1 Å². The Balaban J connectivity index is 1.61. The van der Waals surface area contributed by atoms with Crippen LogP contribution < -0.4 is 10.6 Å². The fraction of sp³-hybridized carbons (Fsp3) is 0.111. The summed E-state index contributed by atoms with van der Waals surface area (Å²) < 4.78 is 26.3. The average molecular weight is 330 g/mol. The van der Waals surface area contributed by atoms with Crippen molar-refractivity contribution in [3.63, 3.8) is 0 Å². The van der Waals surface area contributed by atoms with Crippen LogP contribution in [-0.2, 0) is 13.1 Å². The van der Waals surface area contributed by atoms with Crippen LogP contribution in [-0.4, -0.2) is 0 Å². The minimum Gasteiger partial charge on any atom is -0.381 e. The Hall–Kier alpha value is -2.40. The van der Waals surface area contributed by atoms with Gasteiger partial charge in [0.05, 0.1) is 0 Å². The molecular formula is C18H16F2N2S. The van der Waals surface area contributed by atoms with E-state index in [1.54, 1.807) is 23.5 Å². The zero-order valence-electron chi connectivity index (χ0n) is 12.4. The van der Waals surface area contributed by atoms with E-state index in [1.165, 1.54) is 24.3 Å². The van der Waals surface area contributed by atoms with E-state index in [0.29, 0.717) is 13.1 Å². The first kappa shape index (κ1) is 15.5. The molecule has 0 atom stereocenters. The molecule has 1 aromatic heterocycles. The van der Waals surface area contributed by atoms with Crippen LogP contribution in [0.15, 0.2) is 59.3 Å². The fourth-order valence-corrected chi connectivity index (χ4v) is 3.12. The maximum Gasteiger partial charge on any atom is 0.125 e. The minimum atomic E-state index is -0.256. The lowest BCUT2D eigenvalue weighted by atomic mass is 10.2. The highest BCUT2D eigenvalue weighted by atomic mass is 32.1. The largest absolute Gasteiger partial charge is 0.381 e. The highest BCUT2D eigenvalue weighted by Crippen LogP contribution is 2.19. The van der Waals surface area contributed by atoms with Gasteiger partial charge in [0.1, 0.15) is 11.6 Å². The molecule has 0 fully saturated rings. The third-order valence-corrected chi connectivity index (χ3v) is 4.29. The summed E-state index contributed by atoms with van der Waals surface area (Å²) in [5.74, 6) is -0.512.